The van der Waals surface area contributed by atoms with E-state index in [1.807, 2.05) is 30.3 Å². The number of halogens is 1. The first-order valence-corrected chi connectivity index (χ1v) is 6.75. The maximum absolute atomic E-state index is 11.5. The van der Waals surface area contributed by atoms with Crippen molar-refractivity contribution in [3.63, 3.8) is 0 Å². The molecule has 0 unspecified atom stereocenters. The standard InChI is InChI=1S/C15H13ClN4O2/c16-13-9-12(14(17)20-19-13)7-4-8-18-15(21)22-10-11-5-2-1-3-6-11/h1-3,5-6,9H,8,10H2,(H2,17,20)(H,18,21). The number of benzene rings is 1. The summed E-state index contributed by atoms with van der Waals surface area (Å²) in [5.41, 5.74) is 6.97. The van der Waals surface area contributed by atoms with Gasteiger partial charge in [-0.25, -0.2) is 4.79 Å². The number of nitrogen functional groups attached to an aromatic ring is 1. The number of alkyl carbamates (subject to hydrolysis) is 1. The number of nitrogens with zero attached hydrogens (tertiary/aromatic N) is 2. The molecule has 1 heterocycles. The van der Waals surface area contributed by atoms with Gasteiger partial charge in [0.25, 0.3) is 0 Å². The summed E-state index contributed by atoms with van der Waals surface area (Å²) in [6.45, 7) is 0.323. The van der Waals surface area contributed by atoms with Crippen LogP contribution >= 0.6 is 11.6 Å². The van der Waals surface area contributed by atoms with Gasteiger partial charge in [-0.15, -0.1) is 10.2 Å². The summed E-state index contributed by atoms with van der Waals surface area (Å²) in [4.78, 5) is 11.5. The zero-order chi connectivity index (χ0) is 15.8. The number of rotatable bonds is 3. The molecule has 0 bridgehead atoms. The number of nitrogens with two attached hydrogens (primary N) is 1. The van der Waals surface area contributed by atoms with Gasteiger partial charge >= 0.3 is 6.09 Å². The molecule has 22 heavy (non-hydrogen) atoms. The van der Waals surface area contributed by atoms with Crippen LogP contribution in [0.4, 0.5) is 10.6 Å². The van der Waals surface area contributed by atoms with Crippen molar-refractivity contribution < 1.29 is 9.53 Å². The molecule has 0 fully saturated rings. The maximum Gasteiger partial charge on any atom is 0.408 e. The van der Waals surface area contributed by atoms with Gasteiger partial charge in [0.05, 0.1) is 12.1 Å². The van der Waals surface area contributed by atoms with Gasteiger partial charge < -0.3 is 15.8 Å². The molecular weight excluding hydrogens is 304 g/mol. The van der Waals surface area contributed by atoms with Gasteiger partial charge in [-0.3, -0.25) is 0 Å². The first-order valence-electron chi connectivity index (χ1n) is 6.37. The highest BCUT2D eigenvalue weighted by Gasteiger charge is 2.01. The number of aromatic nitrogens is 2. The predicted molar refractivity (Wildman–Crippen MR) is 83.0 cm³/mol. The molecule has 7 heteroatoms. The second-order valence-electron chi connectivity index (χ2n) is 4.18. The maximum atomic E-state index is 11.5. The molecule has 0 aliphatic heterocycles. The van der Waals surface area contributed by atoms with Crippen molar-refractivity contribution in [1.82, 2.24) is 15.5 Å². The Morgan fingerprint density at radius 2 is 2.09 bits per heavy atom. The largest absolute Gasteiger partial charge is 0.445 e. The van der Waals surface area contributed by atoms with E-state index >= 15 is 0 Å². The van der Waals surface area contributed by atoms with E-state index in [1.54, 1.807) is 0 Å². The summed E-state index contributed by atoms with van der Waals surface area (Å²) in [7, 11) is 0. The number of carbonyl (C=O) groups is 1. The van der Waals surface area contributed by atoms with E-state index in [0.717, 1.165) is 5.56 Å². The quantitative estimate of drug-likeness (QED) is 0.845. The van der Waals surface area contributed by atoms with Crippen LogP contribution in [0.5, 0.6) is 0 Å². The average Bonchev–Trinajstić information content (AvgIpc) is 2.53. The number of nitrogens with one attached hydrogen (secondary N) is 1. The van der Waals surface area contributed by atoms with E-state index in [1.165, 1.54) is 6.07 Å². The second-order valence-corrected chi connectivity index (χ2v) is 4.57. The lowest BCUT2D eigenvalue weighted by Crippen LogP contribution is -2.24. The lowest BCUT2D eigenvalue weighted by molar-refractivity contribution is 0.141. The molecule has 0 saturated heterocycles. The fourth-order valence-electron chi connectivity index (χ4n) is 1.51. The van der Waals surface area contributed by atoms with E-state index < -0.39 is 6.09 Å². The second kappa shape index (κ2) is 7.86. The summed E-state index contributed by atoms with van der Waals surface area (Å²) in [5.74, 6) is 5.66. The first-order chi connectivity index (χ1) is 10.6. The molecule has 3 N–H and O–H groups in total. The highest BCUT2D eigenvalue weighted by molar-refractivity contribution is 6.29. The molecule has 2 aromatic rings. The minimum absolute atomic E-state index is 0.118. The first kappa shape index (κ1) is 15.6. The molecule has 1 aromatic heterocycles. The van der Waals surface area contributed by atoms with E-state index in [4.69, 9.17) is 22.1 Å². The topological polar surface area (TPSA) is 90.1 Å². The van der Waals surface area contributed by atoms with Crippen LogP contribution < -0.4 is 11.1 Å². The molecule has 0 spiro atoms. The fraction of sp³-hybridized carbons (Fsp3) is 0.133. The zero-order valence-electron chi connectivity index (χ0n) is 11.5. The van der Waals surface area contributed by atoms with Crippen LogP contribution in [0.2, 0.25) is 5.15 Å². The van der Waals surface area contributed by atoms with E-state index in [9.17, 15) is 4.79 Å². The van der Waals surface area contributed by atoms with Gasteiger partial charge in [-0.2, -0.15) is 0 Å². The van der Waals surface area contributed by atoms with Crippen LogP contribution in [0.3, 0.4) is 0 Å². The normalized spacial score (nSPS) is 9.50. The lowest BCUT2D eigenvalue weighted by atomic mass is 10.2. The number of anilines is 1. The Hall–Kier alpha value is -2.78. The minimum Gasteiger partial charge on any atom is -0.445 e. The van der Waals surface area contributed by atoms with Gasteiger partial charge in [0.1, 0.15) is 6.61 Å². The summed E-state index contributed by atoms with van der Waals surface area (Å²) in [6, 6.07) is 10.9. The molecule has 0 saturated carbocycles. The smallest absolute Gasteiger partial charge is 0.408 e. The van der Waals surface area contributed by atoms with Crippen LogP contribution in [-0.4, -0.2) is 22.8 Å². The van der Waals surface area contributed by atoms with Crippen molar-refractivity contribution in [3.8, 4) is 11.8 Å². The molecule has 0 aliphatic rings. The van der Waals surface area contributed by atoms with Crippen LogP contribution in [0, 0.1) is 11.8 Å². The Kier molecular flexibility index (Phi) is 5.57. The Bertz CT molecular complexity index is 710. The van der Waals surface area contributed by atoms with Gasteiger partial charge in [0.2, 0.25) is 0 Å². The molecule has 112 valence electrons. The summed E-state index contributed by atoms with van der Waals surface area (Å²) in [6.07, 6.45) is -0.544. The Balaban J connectivity index is 1.78. The van der Waals surface area contributed by atoms with Gasteiger partial charge in [-0.05, 0) is 11.6 Å². The molecule has 1 amide bonds. The number of carbonyl (C=O) groups excluding carboxylic acids is 1. The Labute approximate surface area is 132 Å². The lowest BCUT2D eigenvalue weighted by Gasteiger charge is -2.04. The molecule has 2 rings (SSSR count). The molecule has 1 aromatic carbocycles. The third-order valence-corrected chi connectivity index (χ3v) is 2.73. The van der Waals surface area contributed by atoms with E-state index in [2.05, 4.69) is 27.4 Å². The third kappa shape index (κ3) is 4.96. The van der Waals surface area contributed by atoms with Crippen LogP contribution in [-0.2, 0) is 11.3 Å². The van der Waals surface area contributed by atoms with Crippen molar-refractivity contribution in [2.45, 2.75) is 6.61 Å². The SMILES string of the molecule is Nc1nnc(Cl)cc1C#CCNC(=O)OCc1ccccc1. The van der Waals surface area contributed by atoms with E-state index in [0.29, 0.717) is 5.56 Å². The average molecular weight is 317 g/mol. The number of amides is 1. The van der Waals surface area contributed by atoms with Crippen LogP contribution in [0.15, 0.2) is 36.4 Å². The van der Waals surface area contributed by atoms with Gasteiger partial charge in [-0.1, -0.05) is 53.8 Å². The monoisotopic (exact) mass is 316 g/mol. The highest BCUT2D eigenvalue weighted by atomic mass is 35.5. The van der Waals surface area contributed by atoms with Crippen molar-refractivity contribution >= 4 is 23.5 Å². The molecular formula is C15H13ClN4O2. The zero-order valence-corrected chi connectivity index (χ0v) is 12.3. The molecule has 0 atom stereocenters. The minimum atomic E-state index is -0.544. The Morgan fingerprint density at radius 3 is 2.86 bits per heavy atom. The Morgan fingerprint density at radius 1 is 1.32 bits per heavy atom. The number of hydrogen-bond acceptors (Lipinski definition) is 5. The van der Waals surface area contributed by atoms with Crippen LogP contribution in [0.25, 0.3) is 0 Å². The van der Waals surface area contributed by atoms with Crippen molar-refractivity contribution in [2.75, 3.05) is 12.3 Å². The van der Waals surface area contributed by atoms with Gasteiger partial charge in [0, 0.05) is 0 Å². The summed E-state index contributed by atoms with van der Waals surface area (Å²) in [5, 5.41) is 9.93. The third-order valence-electron chi connectivity index (χ3n) is 2.55. The van der Waals surface area contributed by atoms with E-state index in [-0.39, 0.29) is 24.1 Å². The summed E-state index contributed by atoms with van der Waals surface area (Å²) >= 11 is 5.69. The molecule has 0 aliphatic carbocycles. The van der Waals surface area contributed by atoms with Crippen molar-refractivity contribution in [2.24, 2.45) is 0 Å². The predicted octanol–water partition coefficient (Wildman–Crippen LogP) is 1.99. The summed E-state index contributed by atoms with van der Waals surface area (Å²) < 4.78 is 5.04. The van der Waals surface area contributed by atoms with Crippen molar-refractivity contribution in [3.05, 3.63) is 52.7 Å². The van der Waals surface area contributed by atoms with Gasteiger partial charge in [0.15, 0.2) is 11.0 Å². The van der Waals surface area contributed by atoms with Crippen molar-refractivity contribution in [1.29, 1.82) is 0 Å². The molecule has 6 nitrogen and oxygen atoms in total. The number of ether oxygens (including phenoxy) is 1. The fourth-order valence-corrected chi connectivity index (χ4v) is 1.65. The highest BCUT2D eigenvalue weighted by Crippen LogP contribution is 2.10. The van der Waals surface area contributed by atoms with Crippen LogP contribution in [0.1, 0.15) is 11.1 Å². The number of hydrogen-bond donors (Lipinski definition) is 2. The molecule has 0 radical (unpaired) electrons.